The molecule has 2 amide bonds. The van der Waals surface area contributed by atoms with Crippen LogP contribution < -0.4 is 10.6 Å². The highest BCUT2D eigenvalue weighted by molar-refractivity contribution is 8.00. The van der Waals surface area contributed by atoms with E-state index < -0.39 is 127 Å². The minimum absolute atomic E-state index is 0.375. The van der Waals surface area contributed by atoms with Crippen molar-refractivity contribution in [2.24, 2.45) is 5.41 Å². The molecular formula is C39H86N2O10S2Si6. The van der Waals surface area contributed by atoms with Gasteiger partial charge >= 0.3 is 0 Å². The average molecular weight is 976 g/mol. The van der Waals surface area contributed by atoms with Crippen molar-refractivity contribution in [2.45, 2.75) is 205 Å². The van der Waals surface area contributed by atoms with E-state index in [2.05, 4.69) is 142 Å². The number of amides is 2. The molecule has 2 saturated heterocycles. The molecule has 0 unspecified atom stereocenters. The van der Waals surface area contributed by atoms with Gasteiger partial charge in [-0.3, -0.25) is 9.59 Å². The molecule has 10 atom stereocenters. The zero-order chi connectivity index (χ0) is 45.7. The van der Waals surface area contributed by atoms with E-state index in [4.69, 9.17) is 36.0 Å². The first-order valence-electron chi connectivity index (χ1n) is 21.6. The first-order chi connectivity index (χ1) is 26.5. The third kappa shape index (κ3) is 19.3. The van der Waals surface area contributed by atoms with Crippen LogP contribution >= 0.6 is 23.5 Å². The molecular weight excluding hydrogens is 889 g/mol. The van der Waals surface area contributed by atoms with Crippen LogP contribution in [0.3, 0.4) is 0 Å². The maximum absolute atomic E-state index is 14.8. The van der Waals surface area contributed by atoms with E-state index in [1.807, 2.05) is 0 Å². The molecule has 2 N–H and O–H groups in total. The second-order valence-electron chi connectivity index (χ2n) is 22.2. The quantitative estimate of drug-likeness (QED) is 0.0797. The highest BCUT2D eigenvalue weighted by Crippen LogP contribution is 2.38. The summed E-state index contributed by atoms with van der Waals surface area (Å²) in [7, 11) is -12.6. The van der Waals surface area contributed by atoms with Gasteiger partial charge in [-0.2, -0.15) is 0 Å². The Morgan fingerprint density at radius 3 is 1.00 bits per heavy atom. The Hall–Kier alpha value is 0.621. The van der Waals surface area contributed by atoms with E-state index in [-0.39, 0.29) is 0 Å². The van der Waals surface area contributed by atoms with Gasteiger partial charge < -0.3 is 46.7 Å². The van der Waals surface area contributed by atoms with Crippen LogP contribution in [0.2, 0.25) is 118 Å². The molecule has 0 spiro atoms. The highest BCUT2D eigenvalue weighted by atomic mass is 32.2. The van der Waals surface area contributed by atoms with Gasteiger partial charge in [0.1, 0.15) is 40.7 Å². The Kier molecular flexibility index (Phi) is 20.5. The number of carbonyl (C=O) groups is 2. The summed E-state index contributed by atoms with van der Waals surface area (Å²) in [5.74, 6) is 0.660. The minimum atomic E-state index is -2.22. The number of rotatable bonds is 22. The molecule has 2 rings (SSSR count). The summed E-state index contributed by atoms with van der Waals surface area (Å²) in [5, 5.41) is 6.64. The summed E-state index contributed by atoms with van der Waals surface area (Å²) in [6, 6.07) is -1.19. The molecule has 0 aromatic carbocycles. The van der Waals surface area contributed by atoms with Crippen LogP contribution in [0.4, 0.5) is 0 Å². The fourth-order valence-corrected chi connectivity index (χ4v) is 14.3. The van der Waals surface area contributed by atoms with Crippen LogP contribution in [0.5, 0.6) is 0 Å². The number of ether oxygens (including phenoxy) is 2. The molecule has 0 aromatic rings. The fraction of sp³-hybridized carbons (Fsp3) is 0.949. The van der Waals surface area contributed by atoms with Gasteiger partial charge in [-0.15, -0.1) is 23.5 Å². The molecule has 0 aliphatic carbocycles. The van der Waals surface area contributed by atoms with Crippen molar-refractivity contribution in [2.75, 3.05) is 24.7 Å². The molecule has 2 fully saturated rings. The third-order valence-electron chi connectivity index (χ3n) is 9.01. The highest BCUT2D eigenvalue weighted by Gasteiger charge is 2.54. The van der Waals surface area contributed by atoms with Gasteiger partial charge in [0, 0.05) is 0 Å². The van der Waals surface area contributed by atoms with Gasteiger partial charge in [-0.05, 0) is 143 Å². The van der Waals surface area contributed by atoms with Crippen LogP contribution in [-0.2, 0) is 45.6 Å². The fourth-order valence-electron chi connectivity index (χ4n) is 6.62. The average Bonchev–Trinajstić information content (AvgIpc) is 3.01. The van der Waals surface area contributed by atoms with E-state index in [9.17, 15) is 9.59 Å². The molecule has 20 heteroatoms. The van der Waals surface area contributed by atoms with Gasteiger partial charge in [0.15, 0.2) is 49.9 Å². The van der Waals surface area contributed by atoms with Gasteiger partial charge in [0.25, 0.3) is 0 Å². The van der Waals surface area contributed by atoms with Crippen molar-refractivity contribution < 1.29 is 45.6 Å². The number of nitrogens with one attached hydrogen (secondary N) is 2. The zero-order valence-electron chi connectivity index (χ0n) is 41.0. The summed E-state index contributed by atoms with van der Waals surface area (Å²) in [6.07, 6.45) is -2.79. The Bertz CT molecular complexity index is 1250. The van der Waals surface area contributed by atoms with Gasteiger partial charge in [-0.25, -0.2) is 0 Å². The van der Waals surface area contributed by atoms with Gasteiger partial charge in [0.05, 0.1) is 37.5 Å². The maximum atomic E-state index is 14.8. The summed E-state index contributed by atoms with van der Waals surface area (Å²) in [5.41, 5.74) is -2.42. The van der Waals surface area contributed by atoms with E-state index in [1.165, 1.54) is 0 Å². The normalized spacial score (nSPS) is 29.3. The second kappa shape index (κ2) is 21.7. The lowest BCUT2D eigenvalue weighted by Gasteiger charge is -2.51. The van der Waals surface area contributed by atoms with Gasteiger partial charge in [0.2, 0.25) is 11.8 Å². The van der Waals surface area contributed by atoms with Crippen LogP contribution in [0.1, 0.15) is 27.7 Å². The van der Waals surface area contributed by atoms with Gasteiger partial charge in [-0.1, -0.05) is 13.8 Å². The van der Waals surface area contributed by atoms with Crippen LogP contribution in [0.25, 0.3) is 0 Å². The molecule has 0 saturated carbocycles. The predicted molar refractivity (Wildman–Crippen MR) is 263 cm³/mol. The first-order valence-corrected chi connectivity index (χ1v) is 44.2. The lowest BCUT2D eigenvalue weighted by molar-refractivity contribution is -0.168. The number of carbonyl (C=O) groups excluding carboxylic acids is 2. The molecule has 0 bridgehead atoms. The predicted octanol–water partition coefficient (Wildman–Crippen LogP) is 8.52. The van der Waals surface area contributed by atoms with Crippen molar-refractivity contribution in [3.63, 3.8) is 0 Å². The van der Waals surface area contributed by atoms with Crippen molar-refractivity contribution in [3.8, 4) is 0 Å². The molecule has 0 radical (unpaired) electrons. The van der Waals surface area contributed by atoms with E-state index in [1.54, 1.807) is 37.4 Å². The molecule has 348 valence electrons. The number of thioether (sulfide) groups is 2. The van der Waals surface area contributed by atoms with Crippen molar-refractivity contribution in [1.29, 1.82) is 0 Å². The smallest absolute Gasteiger partial charge is 0.235 e. The molecule has 59 heavy (non-hydrogen) atoms. The number of hydrogen-bond donors (Lipinski definition) is 2. The summed E-state index contributed by atoms with van der Waals surface area (Å²) < 4.78 is 54.5. The summed E-state index contributed by atoms with van der Waals surface area (Å²) in [6.45, 7) is 47.1. The van der Waals surface area contributed by atoms with Crippen molar-refractivity contribution in [3.05, 3.63) is 0 Å². The van der Waals surface area contributed by atoms with Crippen LogP contribution in [0, 0.1) is 5.41 Å². The third-order valence-corrected chi connectivity index (χ3v) is 17.1. The largest absolute Gasteiger partial charge is 0.415 e. The molecule has 2 heterocycles. The lowest BCUT2D eigenvalue weighted by Crippen LogP contribution is -2.70. The van der Waals surface area contributed by atoms with Crippen molar-refractivity contribution >= 4 is 85.2 Å². The Labute approximate surface area is 374 Å². The molecule has 2 aliphatic heterocycles. The first kappa shape index (κ1) is 55.8. The van der Waals surface area contributed by atoms with E-state index in [0.717, 1.165) is 11.5 Å². The monoisotopic (exact) mass is 974 g/mol. The van der Waals surface area contributed by atoms with E-state index >= 15 is 0 Å². The summed E-state index contributed by atoms with van der Waals surface area (Å²) in [4.78, 5) is 29.6. The standard InChI is InChI=1S/C39H86N2O10S2Si6/c1-23-52-35-29(33(50-58(17,18)19)31(48-56(11,12)13)27(46-35)25-44-54(5,6)7)40-37(42)39(3,4)38(43)41-30-34(51-59(20,21)22)32(49-57(14,15)16)28(26-45-55(8,9)10)47-36(30)53-24-2/h27-36H,23-26H2,1-22H3,(H,40,42)(H,41,43)/t27-,28-,29-,30-,31-,32-,33-,34-,35+,36+/m1/s1. The lowest BCUT2D eigenvalue weighted by atomic mass is 9.88. The van der Waals surface area contributed by atoms with Crippen molar-refractivity contribution in [1.82, 2.24) is 10.6 Å². The maximum Gasteiger partial charge on any atom is 0.235 e. The Morgan fingerprint density at radius 1 is 0.492 bits per heavy atom. The Balaban J connectivity index is 2.63. The Morgan fingerprint density at radius 2 is 0.763 bits per heavy atom. The van der Waals surface area contributed by atoms with E-state index in [0.29, 0.717) is 13.2 Å². The summed E-state index contributed by atoms with van der Waals surface area (Å²) >= 11 is 3.23. The second-order valence-corrected chi connectivity index (χ2v) is 51.9. The number of hydrogen-bond acceptors (Lipinski definition) is 12. The van der Waals surface area contributed by atoms with Crippen LogP contribution in [0.15, 0.2) is 0 Å². The molecule has 2 aliphatic rings. The minimum Gasteiger partial charge on any atom is -0.415 e. The molecule has 0 aromatic heterocycles. The molecule has 12 nitrogen and oxygen atoms in total. The topological polar surface area (TPSA) is 132 Å². The zero-order valence-corrected chi connectivity index (χ0v) is 48.6. The SMILES string of the molecule is CCS[C@@H]1O[C@H](CO[Si](C)(C)C)[C@@H](O[Si](C)(C)C)[C@H](O[Si](C)(C)C)[C@H]1NC(=O)C(C)(C)C(=O)N[C@@H]1[C@@H](O[Si](C)(C)C)[C@H](O[Si](C)(C)C)[C@@H](CO[Si](C)(C)C)O[C@H]1SCC. The van der Waals surface area contributed by atoms with Crippen LogP contribution in [-0.4, -0.2) is 146 Å².